The van der Waals surface area contributed by atoms with E-state index in [-0.39, 0.29) is 29.1 Å². The zero-order valence-corrected chi connectivity index (χ0v) is 9.01. The van der Waals surface area contributed by atoms with Gasteiger partial charge in [-0.15, -0.1) is 0 Å². The van der Waals surface area contributed by atoms with Gasteiger partial charge in [-0.2, -0.15) is 0 Å². The first-order chi connectivity index (χ1) is 7.04. The first kappa shape index (κ1) is 11.9. The molecule has 15 heavy (non-hydrogen) atoms. The van der Waals surface area contributed by atoms with Crippen LogP contribution in [0.2, 0.25) is 5.02 Å². The number of nitrogens with two attached hydrogens (primary N) is 1. The molecule has 3 N–H and O–H groups in total. The Kier molecular flexibility index (Phi) is 4.05. The number of halogens is 2. The highest BCUT2D eigenvalue weighted by Crippen LogP contribution is 2.19. The summed E-state index contributed by atoms with van der Waals surface area (Å²) in [6, 6.07) is 4.07. The standard InChI is InChI=1S/C10H12ClFN2O/c1-6(5-13)10(15)14-9-3-2-7(11)4-8(9)12/h2-4,6H,5,13H2,1H3,(H,14,15). The van der Waals surface area contributed by atoms with Gasteiger partial charge in [-0.25, -0.2) is 4.39 Å². The lowest BCUT2D eigenvalue weighted by Crippen LogP contribution is -2.27. The summed E-state index contributed by atoms with van der Waals surface area (Å²) in [5.74, 6) is -1.21. The van der Waals surface area contributed by atoms with Crippen molar-refractivity contribution in [3.63, 3.8) is 0 Å². The molecule has 1 rings (SSSR count). The first-order valence-corrected chi connectivity index (χ1v) is 4.88. The van der Waals surface area contributed by atoms with Crippen molar-refractivity contribution < 1.29 is 9.18 Å². The summed E-state index contributed by atoms with van der Waals surface area (Å²) < 4.78 is 13.2. The molecular weight excluding hydrogens is 219 g/mol. The van der Waals surface area contributed by atoms with E-state index >= 15 is 0 Å². The molecule has 82 valence electrons. The Hall–Kier alpha value is -1.13. The van der Waals surface area contributed by atoms with Crippen molar-refractivity contribution in [1.82, 2.24) is 0 Å². The Bertz CT molecular complexity index is 370. The third-order valence-corrected chi connectivity index (χ3v) is 2.23. The van der Waals surface area contributed by atoms with E-state index in [1.54, 1.807) is 6.92 Å². The fourth-order valence-electron chi connectivity index (χ4n) is 0.954. The van der Waals surface area contributed by atoms with Gasteiger partial charge in [0.15, 0.2) is 0 Å². The summed E-state index contributed by atoms with van der Waals surface area (Å²) in [6.07, 6.45) is 0. The van der Waals surface area contributed by atoms with Crippen LogP contribution in [0.5, 0.6) is 0 Å². The molecule has 0 bridgehead atoms. The van der Waals surface area contributed by atoms with Crippen LogP contribution in [0.3, 0.4) is 0 Å². The SMILES string of the molecule is CC(CN)C(=O)Nc1ccc(Cl)cc1F. The topological polar surface area (TPSA) is 55.1 Å². The molecule has 3 nitrogen and oxygen atoms in total. The lowest BCUT2D eigenvalue weighted by molar-refractivity contribution is -0.119. The number of carbonyl (C=O) groups excluding carboxylic acids is 1. The molecule has 0 aliphatic carbocycles. The number of hydrogen-bond donors (Lipinski definition) is 2. The number of anilines is 1. The van der Waals surface area contributed by atoms with Crippen molar-refractivity contribution in [3.05, 3.63) is 29.0 Å². The minimum atomic E-state index is -0.555. The zero-order chi connectivity index (χ0) is 11.4. The van der Waals surface area contributed by atoms with Crippen molar-refractivity contribution in [2.75, 3.05) is 11.9 Å². The van der Waals surface area contributed by atoms with Gasteiger partial charge in [0.25, 0.3) is 0 Å². The third kappa shape index (κ3) is 3.18. The summed E-state index contributed by atoms with van der Waals surface area (Å²) in [5, 5.41) is 2.72. The Morgan fingerprint density at radius 1 is 1.67 bits per heavy atom. The smallest absolute Gasteiger partial charge is 0.228 e. The van der Waals surface area contributed by atoms with Crippen molar-refractivity contribution in [2.45, 2.75) is 6.92 Å². The molecule has 0 aromatic heterocycles. The lowest BCUT2D eigenvalue weighted by atomic mass is 10.1. The highest BCUT2D eigenvalue weighted by molar-refractivity contribution is 6.30. The molecule has 0 saturated heterocycles. The van der Waals surface area contributed by atoms with Crippen molar-refractivity contribution in [3.8, 4) is 0 Å². The second-order valence-corrected chi connectivity index (χ2v) is 3.69. The lowest BCUT2D eigenvalue weighted by Gasteiger charge is -2.10. The maximum absolute atomic E-state index is 13.2. The van der Waals surface area contributed by atoms with Crippen molar-refractivity contribution in [1.29, 1.82) is 0 Å². The van der Waals surface area contributed by atoms with Crippen LogP contribution in [0.25, 0.3) is 0 Å². The van der Waals surface area contributed by atoms with Crippen molar-refractivity contribution in [2.24, 2.45) is 11.7 Å². The highest BCUT2D eigenvalue weighted by atomic mass is 35.5. The Balaban J connectivity index is 2.77. The summed E-state index contributed by atoms with van der Waals surface area (Å²) in [5.41, 5.74) is 5.43. The summed E-state index contributed by atoms with van der Waals surface area (Å²) >= 11 is 5.57. The minimum absolute atomic E-state index is 0.115. The quantitative estimate of drug-likeness (QED) is 0.835. The van der Waals surface area contributed by atoms with E-state index in [0.29, 0.717) is 0 Å². The van der Waals surface area contributed by atoms with Gasteiger partial charge in [0.1, 0.15) is 5.82 Å². The average Bonchev–Trinajstić information content (AvgIpc) is 2.20. The number of hydrogen-bond acceptors (Lipinski definition) is 2. The van der Waals surface area contributed by atoms with E-state index in [1.165, 1.54) is 12.1 Å². The maximum atomic E-state index is 13.2. The predicted molar refractivity (Wildman–Crippen MR) is 58.3 cm³/mol. The normalized spacial score (nSPS) is 12.3. The van der Waals surface area contributed by atoms with Crippen LogP contribution in [0.15, 0.2) is 18.2 Å². The Morgan fingerprint density at radius 2 is 2.33 bits per heavy atom. The van der Waals surface area contributed by atoms with Crippen LogP contribution < -0.4 is 11.1 Å². The molecule has 1 aromatic carbocycles. The van der Waals surface area contributed by atoms with Gasteiger partial charge in [-0.1, -0.05) is 18.5 Å². The van der Waals surface area contributed by atoms with E-state index in [1.807, 2.05) is 0 Å². The molecule has 0 aliphatic heterocycles. The number of carbonyl (C=O) groups is 1. The molecular formula is C10H12ClFN2O. The largest absolute Gasteiger partial charge is 0.330 e. The van der Waals surface area contributed by atoms with Gasteiger partial charge in [0, 0.05) is 17.5 Å². The third-order valence-electron chi connectivity index (χ3n) is 1.99. The molecule has 0 heterocycles. The van der Waals surface area contributed by atoms with Crippen LogP contribution in [-0.2, 0) is 4.79 Å². The number of benzene rings is 1. The number of amides is 1. The Labute approximate surface area is 92.4 Å². The molecule has 0 radical (unpaired) electrons. The molecule has 1 amide bonds. The van der Waals surface area contributed by atoms with E-state index in [9.17, 15) is 9.18 Å². The first-order valence-electron chi connectivity index (χ1n) is 4.50. The molecule has 0 spiro atoms. The van der Waals surface area contributed by atoms with Crippen LogP contribution in [0.1, 0.15) is 6.92 Å². The monoisotopic (exact) mass is 230 g/mol. The number of nitrogens with one attached hydrogen (secondary N) is 1. The van der Waals surface area contributed by atoms with E-state index in [0.717, 1.165) is 6.07 Å². The van der Waals surface area contributed by atoms with Gasteiger partial charge >= 0.3 is 0 Å². The molecule has 1 aromatic rings. The molecule has 0 saturated carbocycles. The van der Waals surface area contributed by atoms with Gasteiger partial charge in [-0.05, 0) is 18.2 Å². The van der Waals surface area contributed by atoms with Crippen LogP contribution in [-0.4, -0.2) is 12.5 Å². The average molecular weight is 231 g/mol. The van der Waals surface area contributed by atoms with Crippen LogP contribution >= 0.6 is 11.6 Å². The molecule has 1 unspecified atom stereocenters. The van der Waals surface area contributed by atoms with Gasteiger partial charge < -0.3 is 11.1 Å². The van der Waals surface area contributed by atoms with Crippen LogP contribution in [0.4, 0.5) is 10.1 Å². The summed E-state index contributed by atoms with van der Waals surface area (Å²) in [7, 11) is 0. The van der Waals surface area contributed by atoms with Gasteiger partial charge in [0.05, 0.1) is 5.69 Å². The molecule has 0 fully saturated rings. The van der Waals surface area contributed by atoms with E-state index in [2.05, 4.69) is 5.32 Å². The fraction of sp³-hybridized carbons (Fsp3) is 0.300. The summed E-state index contributed by atoms with van der Waals surface area (Å²) in [6.45, 7) is 1.89. The molecule has 5 heteroatoms. The minimum Gasteiger partial charge on any atom is -0.330 e. The number of rotatable bonds is 3. The van der Waals surface area contributed by atoms with E-state index < -0.39 is 5.82 Å². The highest BCUT2D eigenvalue weighted by Gasteiger charge is 2.12. The van der Waals surface area contributed by atoms with Gasteiger partial charge in [0.2, 0.25) is 5.91 Å². The predicted octanol–water partition coefficient (Wildman–Crippen LogP) is 2.01. The van der Waals surface area contributed by atoms with E-state index in [4.69, 9.17) is 17.3 Å². The molecule has 0 aliphatic rings. The Morgan fingerprint density at radius 3 is 2.87 bits per heavy atom. The molecule has 1 atom stereocenters. The second kappa shape index (κ2) is 5.09. The van der Waals surface area contributed by atoms with Gasteiger partial charge in [-0.3, -0.25) is 4.79 Å². The maximum Gasteiger partial charge on any atom is 0.228 e. The summed E-state index contributed by atoms with van der Waals surface area (Å²) in [4.78, 5) is 11.4. The second-order valence-electron chi connectivity index (χ2n) is 3.25. The zero-order valence-electron chi connectivity index (χ0n) is 8.26. The fourth-order valence-corrected chi connectivity index (χ4v) is 1.11. The van der Waals surface area contributed by atoms with Crippen molar-refractivity contribution >= 4 is 23.2 Å². The van der Waals surface area contributed by atoms with Crippen LogP contribution in [0, 0.1) is 11.7 Å².